The third-order valence-corrected chi connectivity index (χ3v) is 2.41. The molecule has 72 valence electrons. The van der Waals surface area contributed by atoms with Gasteiger partial charge in [0.05, 0.1) is 6.10 Å². The summed E-state index contributed by atoms with van der Waals surface area (Å²) in [5.74, 6) is 0.527. The maximum absolute atomic E-state index is 9.42. The van der Waals surface area contributed by atoms with Crippen LogP contribution in [0.25, 0.3) is 0 Å². The normalized spacial score (nSPS) is 13.4. The molecule has 0 radical (unpaired) electrons. The second kappa shape index (κ2) is 3.93. The topological polar surface area (TPSA) is 20.2 Å². The molecule has 0 spiro atoms. The van der Waals surface area contributed by atoms with Gasteiger partial charge in [-0.15, -0.1) is 0 Å². The second-order valence-electron chi connectivity index (χ2n) is 3.95. The van der Waals surface area contributed by atoms with Gasteiger partial charge in [-0.1, -0.05) is 32.0 Å². The fourth-order valence-electron chi connectivity index (χ4n) is 1.54. The van der Waals surface area contributed by atoms with E-state index < -0.39 is 0 Å². The van der Waals surface area contributed by atoms with Crippen molar-refractivity contribution < 1.29 is 5.11 Å². The van der Waals surface area contributed by atoms with Crippen LogP contribution in [-0.2, 0) is 0 Å². The molecule has 1 aromatic carbocycles. The highest BCUT2D eigenvalue weighted by Crippen LogP contribution is 2.23. The molecule has 1 heteroatoms. The van der Waals surface area contributed by atoms with Gasteiger partial charge in [-0.2, -0.15) is 0 Å². The molecule has 1 rings (SSSR count). The molecule has 1 aromatic rings. The van der Waals surface area contributed by atoms with Crippen LogP contribution in [0.15, 0.2) is 18.2 Å². The van der Waals surface area contributed by atoms with Gasteiger partial charge in [0.25, 0.3) is 0 Å². The van der Waals surface area contributed by atoms with Gasteiger partial charge >= 0.3 is 0 Å². The SMILES string of the molecule is Cc1ccc([C@H](C)O)cc1C(C)C. The van der Waals surface area contributed by atoms with E-state index in [9.17, 15) is 5.11 Å². The lowest BCUT2D eigenvalue weighted by molar-refractivity contribution is 0.199. The second-order valence-corrected chi connectivity index (χ2v) is 3.95. The van der Waals surface area contributed by atoms with Crippen molar-refractivity contribution in [1.29, 1.82) is 0 Å². The first kappa shape index (κ1) is 10.3. The molecule has 0 amide bonds. The molecular formula is C12H18O. The smallest absolute Gasteiger partial charge is 0.0762 e. The molecule has 0 fully saturated rings. The van der Waals surface area contributed by atoms with E-state index in [1.165, 1.54) is 11.1 Å². The van der Waals surface area contributed by atoms with Crippen LogP contribution in [0.4, 0.5) is 0 Å². The molecule has 0 aliphatic carbocycles. The average molecular weight is 178 g/mol. The molecule has 0 aliphatic rings. The summed E-state index contributed by atoms with van der Waals surface area (Å²) in [6.07, 6.45) is -0.363. The Morgan fingerprint density at radius 1 is 1.15 bits per heavy atom. The molecule has 0 aliphatic heterocycles. The highest BCUT2D eigenvalue weighted by Gasteiger charge is 2.06. The van der Waals surface area contributed by atoms with E-state index in [4.69, 9.17) is 0 Å². The van der Waals surface area contributed by atoms with Crippen molar-refractivity contribution in [2.45, 2.75) is 39.7 Å². The largest absolute Gasteiger partial charge is 0.389 e. The van der Waals surface area contributed by atoms with Crippen LogP contribution in [0.5, 0.6) is 0 Å². The standard InChI is InChI=1S/C12H18O/c1-8(2)12-7-11(10(4)13)6-5-9(12)3/h5-8,10,13H,1-4H3/t10-/m0/s1. The molecule has 0 saturated carbocycles. The zero-order valence-electron chi connectivity index (χ0n) is 8.83. The zero-order chi connectivity index (χ0) is 10.0. The molecule has 0 aromatic heterocycles. The molecular weight excluding hydrogens is 160 g/mol. The summed E-state index contributed by atoms with van der Waals surface area (Å²) in [6.45, 7) is 8.26. The third-order valence-electron chi connectivity index (χ3n) is 2.41. The number of hydrogen-bond acceptors (Lipinski definition) is 1. The predicted molar refractivity (Wildman–Crippen MR) is 55.9 cm³/mol. The quantitative estimate of drug-likeness (QED) is 0.737. The van der Waals surface area contributed by atoms with Crippen molar-refractivity contribution in [2.24, 2.45) is 0 Å². The summed E-state index contributed by atoms with van der Waals surface area (Å²) in [5, 5.41) is 9.42. The van der Waals surface area contributed by atoms with E-state index in [-0.39, 0.29) is 6.10 Å². The summed E-state index contributed by atoms with van der Waals surface area (Å²) in [4.78, 5) is 0. The highest BCUT2D eigenvalue weighted by molar-refractivity contribution is 5.34. The Bertz CT molecular complexity index is 287. The number of aryl methyl sites for hydroxylation is 1. The van der Waals surface area contributed by atoms with Gasteiger partial charge in [0, 0.05) is 0 Å². The molecule has 1 N–H and O–H groups in total. The van der Waals surface area contributed by atoms with Gasteiger partial charge in [0.15, 0.2) is 0 Å². The van der Waals surface area contributed by atoms with Gasteiger partial charge in [-0.3, -0.25) is 0 Å². The van der Waals surface area contributed by atoms with Crippen molar-refractivity contribution in [1.82, 2.24) is 0 Å². The van der Waals surface area contributed by atoms with Gasteiger partial charge in [-0.05, 0) is 36.5 Å². The van der Waals surface area contributed by atoms with Crippen LogP contribution in [0, 0.1) is 6.92 Å². The summed E-state index contributed by atoms with van der Waals surface area (Å²) >= 11 is 0. The number of aliphatic hydroxyl groups excluding tert-OH is 1. The van der Waals surface area contributed by atoms with Crippen LogP contribution < -0.4 is 0 Å². The van der Waals surface area contributed by atoms with E-state index in [1.807, 2.05) is 6.07 Å². The van der Waals surface area contributed by atoms with Crippen LogP contribution in [-0.4, -0.2) is 5.11 Å². The average Bonchev–Trinajstić information content (AvgIpc) is 2.04. The van der Waals surface area contributed by atoms with Gasteiger partial charge in [0.2, 0.25) is 0 Å². The van der Waals surface area contributed by atoms with Gasteiger partial charge in [-0.25, -0.2) is 0 Å². The summed E-state index contributed by atoms with van der Waals surface area (Å²) in [6, 6.07) is 6.17. The lowest BCUT2D eigenvalue weighted by Gasteiger charge is -2.13. The number of hydrogen-bond donors (Lipinski definition) is 1. The molecule has 0 unspecified atom stereocenters. The van der Waals surface area contributed by atoms with Crippen molar-refractivity contribution in [3.63, 3.8) is 0 Å². The Kier molecular flexibility index (Phi) is 3.10. The van der Waals surface area contributed by atoms with E-state index in [2.05, 4.69) is 32.9 Å². The predicted octanol–water partition coefficient (Wildman–Crippen LogP) is 3.17. The van der Waals surface area contributed by atoms with Crippen molar-refractivity contribution >= 4 is 0 Å². The van der Waals surface area contributed by atoms with Crippen LogP contribution in [0.3, 0.4) is 0 Å². The fraction of sp³-hybridized carbons (Fsp3) is 0.500. The monoisotopic (exact) mass is 178 g/mol. The minimum atomic E-state index is -0.363. The Morgan fingerprint density at radius 3 is 2.23 bits per heavy atom. The Morgan fingerprint density at radius 2 is 1.77 bits per heavy atom. The summed E-state index contributed by atoms with van der Waals surface area (Å²) in [7, 11) is 0. The number of aliphatic hydroxyl groups is 1. The number of rotatable bonds is 2. The van der Waals surface area contributed by atoms with Gasteiger partial charge in [0.1, 0.15) is 0 Å². The summed E-state index contributed by atoms with van der Waals surface area (Å²) < 4.78 is 0. The third kappa shape index (κ3) is 2.31. The Hall–Kier alpha value is -0.820. The lowest BCUT2D eigenvalue weighted by Crippen LogP contribution is -1.97. The minimum absolute atomic E-state index is 0.363. The lowest BCUT2D eigenvalue weighted by atomic mass is 9.94. The first-order valence-corrected chi connectivity index (χ1v) is 4.81. The van der Waals surface area contributed by atoms with Crippen LogP contribution >= 0.6 is 0 Å². The first-order valence-electron chi connectivity index (χ1n) is 4.81. The molecule has 0 heterocycles. The first-order chi connectivity index (χ1) is 6.02. The molecule has 0 bridgehead atoms. The summed E-state index contributed by atoms with van der Waals surface area (Å²) in [5.41, 5.74) is 3.65. The zero-order valence-corrected chi connectivity index (χ0v) is 8.83. The molecule has 0 saturated heterocycles. The van der Waals surface area contributed by atoms with E-state index >= 15 is 0 Å². The van der Waals surface area contributed by atoms with E-state index in [1.54, 1.807) is 6.92 Å². The van der Waals surface area contributed by atoms with E-state index in [0.29, 0.717) is 5.92 Å². The van der Waals surface area contributed by atoms with E-state index in [0.717, 1.165) is 5.56 Å². The number of benzene rings is 1. The Balaban J connectivity index is 3.11. The van der Waals surface area contributed by atoms with Crippen LogP contribution in [0.1, 0.15) is 49.5 Å². The van der Waals surface area contributed by atoms with Gasteiger partial charge < -0.3 is 5.11 Å². The maximum Gasteiger partial charge on any atom is 0.0762 e. The van der Waals surface area contributed by atoms with Crippen molar-refractivity contribution in [3.8, 4) is 0 Å². The highest BCUT2D eigenvalue weighted by atomic mass is 16.3. The van der Waals surface area contributed by atoms with Crippen LogP contribution in [0.2, 0.25) is 0 Å². The molecule has 1 nitrogen and oxygen atoms in total. The molecule has 13 heavy (non-hydrogen) atoms. The fourth-order valence-corrected chi connectivity index (χ4v) is 1.54. The van der Waals surface area contributed by atoms with Crippen molar-refractivity contribution in [2.75, 3.05) is 0 Å². The Labute approximate surface area is 80.4 Å². The minimum Gasteiger partial charge on any atom is -0.389 e. The molecule has 1 atom stereocenters. The van der Waals surface area contributed by atoms with Crippen molar-refractivity contribution in [3.05, 3.63) is 34.9 Å². The maximum atomic E-state index is 9.42.